The number of hydrogen-bond acceptors (Lipinski definition) is 4. The van der Waals surface area contributed by atoms with Gasteiger partial charge >= 0.3 is 12.1 Å². The summed E-state index contributed by atoms with van der Waals surface area (Å²) < 4.78 is 38.1. The molecule has 154 valence electrons. The number of carbonyl (C=O) groups excluding carboxylic acids is 1. The Morgan fingerprint density at radius 2 is 1.68 bits per heavy atom. The summed E-state index contributed by atoms with van der Waals surface area (Å²) in [6, 6.07) is 4.80. The number of carboxylic acids is 1. The highest BCUT2D eigenvalue weighted by atomic mass is 19.4. The van der Waals surface area contributed by atoms with E-state index in [0.717, 1.165) is 30.7 Å². The number of amides is 1. The molecular formula is C19H24F3N3O3. The number of anilines is 1. The fraction of sp³-hybridized carbons (Fsp3) is 0.579. The van der Waals surface area contributed by atoms with E-state index in [4.69, 9.17) is 5.11 Å². The van der Waals surface area contributed by atoms with Gasteiger partial charge in [0.2, 0.25) is 5.91 Å². The highest BCUT2D eigenvalue weighted by molar-refractivity contribution is 5.85. The lowest BCUT2D eigenvalue weighted by Crippen LogP contribution is -2.55. The molecular weight excluding hydrogens is 375 g/mol. The molecule has 0 saturated carbocycles. The Balaban J connectivity index is 1.61. The van der Waals surface area contributed by atoms with Gasteiger partial charge in [0, 0.05) is 38.4 Å². The van der Waals surface area contributed by atoms with E-state index in [1.807, 2.05) is 4.90 Å². The lowest BCUT2D eigenvalue weighted by molar-refractivity contribution is -0.146. The van der Waals surface area contributed by atoms with Crippen molar-refractivity contribution >= 4 is 17.6 Å². The number of benzene rings is 1. The molecule has 1 atom stereocenters. The number of halogens is 3. The summed E-state index contributed by atoms with van der Waals surface area (Å²) >= 11 is 0. The van der Waals surface area contributed by atoms with E-state index < -0.39 is 17.7 Å². The van der Waals surface area contributed by atoms with Crippen LogP contribution in [0.25, 0.3) is 0 Å². The topological polar surface area (TPSA) is 64.1 Å². The number of nitrogens with zero attached hydrogens (tertiary/aromatic N) is 3. The second kappa shape index (κ2) is 8.38. The lowest BCUT2D eigenvalue weighted by atomic mass is 10.1. The number of aliphatic carboxylic acids is 1. The highest BCUT2D eigenvalue weighted by Gasteiger charge is 2.34. The summed E-state index contributed by atoms with van der Waals surface area (Å²) in [6.45, 7) is 2.62. The standard InChI is InChI=1S/C19H24F3N3O3/c20-19(21,22)14-4-6-15(7-5-14)23-9-11-24(12-10-23)16-3-1-2-8-25(18(16)28)13-17(26)27/h4-7,16H,1-3,8-13H2,(H,26,27). The molecule has 6 nitrogen and oxygen atoms in total. The first-order valence-electron chi connectivity index (χ1n) is 9.42. The van der Waals surface area contributed by atoms with Crippen LogP contribution in [0.2, 0.25) is 0 Å². The molecule has 2 aliphatic rings. The summed E-state index contributed by atoms with van der Waals surface area (Å²) in [5, 5.41) is 9.02. The van der Waals surface area contributed by atoms with Crippen molar-refractivity contribution in [2.24, 2.45) is 0 Å². The molecule has 1 unspecified atom stereocenters. The van der Waals surface area contributed by atoms with Crippen molar-refractivity contribution in [1.29, 1.82) is 0 Å². The minimum absolute atomic E-state index is 0.136. The second-order valence-electron chi connectivity index (χ2n) is 7.23. The van der Waals surface area contributed by atoms with Gasteiger partial charge in [-0.15, -0.1) is 0 Å². The predicted molar refractivity (Wildman–Crippen MR) is 97.1 cm³/mol. The second-order valence-corrected chi connectivity index (χ2v) is 7.23. The fourth-order valence-corrected chi connectivity index (χ4v) is 3.90. The number of carboxylic acid groups (broad SMARTS) is 1. The Hall–Kier alpha value is -2.29. The molecule has 1 aromatic rings. The van der Waals surface area contributed by atoms with Gasteiger partial charge in [0.15, 0.2) is 0 Å². The molecule has 2 aliphatic heterocycles. The largest absolute Gasteiger partial charge is 0.480 e. The highest BCUT2D eigenvalue weighted by Crippen LogP contribution is 2.31. The summed E-state index contributed by atoms with van der Waals surface area (Å²) in [4.78, 5) is 29.3. The van der Waals surface area contributed by atoms with Crippen molar-refractivity contribution in [2.45, 2.75) is 31.5 Å². The molecule has 1 N–H and O–H groups in total. The van der Waals surface area contributed by atoms with Gasteiger partial charge in [0.25, 0.3) is 0 Å². The van der Waals surface area contributed by atoms with E-state index in [1.54, 1.807) is 0 Å². The van der Waals surface area contributed by atoms with Crippen molar-refractivity contribution in [1.82, 2.24) is 9.80 Å². The zero-order valence-corrected chi connectivity index (χ0v) is 15.5. The summed E-state index contributed by atoms with van der Waals surface area (Å²) in [5.41, 5.74) is 0.0600. The number of alkyl halides is 3. The minimum Gasteiger partial charge on any atom is -0.480 e. The van der Waals surface area contributed by atoms with Crippen LogP contribution in [0.4, 0.5) is 18.9 Å². The van der Waals surface area contributed by atoms with Gasteiger partial charge in [-0.1, -0.05) is 0 Å². The smallest absolute Gasteiger partial charge is 0.416 e. The number of hydrogen-bond donors (Lipinski definition) is 1. The van der Waals surface area contributed by atoms with Gasteiger partial charge in [-0.05, 0) is 43.5 Å². The number of carbonyl (C=O) groups is 2. The van der Waals surface area contributed by atoms with Gasteiger partial charge < -0.3 is 14.9 Å². The van der Waals surface area contributed by atoms with Crippen molar-refractivity contribution in [3.05, 3.63) is 29.8 Å². The van der Waals surface area contributed by atoms with Gasteiger partial charge in [0.05, 0.1) is 11.6 Å². The first-order valence-corrected chi connectivity index (χ1v) is 9.42. The molecule has 0 aliphatic carbocycles. The van der Waals surface area contributed by atoms with Crippen LogP contribution in [-0.4, -0.2) is 72.1 Å². The Labute approximate surface area is 161 Å². The fourth-order valence-electron chi connectivity index (χ4n) is 3.90. The van der Waals surface area contributed by atoms with Crippen molar-refractivity contribution in [2.75, 3.05) is 44.2 Å². The normalized spacial score (nSPS) is 22.2. The average molecular weight is 399 g/mol. The minimum atomic E-state index is -4.35. The van der Waals surface area contributed by atoms with Crippen LogP contribution in [0.5, 0.6) is 0 Å². The van der Waals surface area contributed by atoms with Crippen LogP contribution >= 0.6 is 0 Å². The van der Waals surface area contributed by atoms with Gasteiger partial charge in [-0.2, -0.15) is 13.2 Å². The van der Waals surface area contributed by atoms with E-state index >= 15 is 0 Å². The van der Waals surface area contributed by atoms with Gasteiger partial charge in [-0.25, -0.2) is 0 Å². The van der Waals surface area contributed by atoms with Crippen molar-refractivity contribution in [3.8, 4) is 0 Å². The Morgan fingerprint density at radius 3 is 2.25 bits per heavy atom. The summed E-state index contributed by atoms with van der Waals surface area (Å²) in [5.74, 6) is -1.15. The zero-order chi connectivity index (χ0) is 20.3. The van der Waals surface area contributed by atoms with Crippen LogP contribution in [0.1, 0.15) is 24.8 Å². The summed E-state index contributed by atoms with van der Waals surface area (Å²) in [6.07, 6.45) is -1.99. The SMILES string of the molecule is O=C(O)CN1CCCCC(N2CCN(c3ccc(C(F)(F)F)cc3)CC2)C1=O. The molecule has 3 rings (SSSR count). The van der Waals surface area contributed by atoms with Gasteiger partial charge in [-0.3, -0.25) is 14.5 Å². The molecule has 28 heavy (non-hydrogen) atoms. The van der Waals surface area contributed by atoms with E-state index in [-0.39, 0.29) is 18.5 Å². The van der Waals surface area contributed by atoms with Crippen LogP contribution in [0, 0.1) is 0 Å². The van der Waals surface area contributed by atoms with Crippen molar-refractivity contribution in [3.63, 3.8) is 0 Å². The van der Waals surface area contributed by atoms with Crippen LogP contribution in [0.3, 0.4) is 0 Å². The van der Waals surface area contributed by atoms with E-state index in [0.29, 0.717) is 39.1 Å². The molecule has 1 aromatic carbocycles. The summed E-state index contributed by atoms with van der Waals surface area (Å²) in [7, 11) is 0. The lowest BCUT2D eigenvalue weighted by Gasteiger charge is -2.40. The number of rotatable bonds is 4. The van der Waals surface area contributed by atoms with E-state index in [2.05, 4.69) is 4.90 Å². The molecule has 9 heteroatoms. The molecule has 2 saturated heterocycles. The maximum atomic E-state index is 12.8. The number of likely N-dealkylation sites (tertiary alicyclic amines) is 1. The molecule has 0 bridgehead atoms. The molecule has 2 fully saturated rings. The molecule has 0 radical (unpaired) electrons. The van der Waals surface area contributed by atoms with Crippen LogP contribution < -0.4 is 4.90 Å². The van der Waals surface area contributed by atoms with Crippen LogP contribution in [0.15, 0.2) is 24.3 Å². The molecule has 2 heterocycles. The van der Waals surface area contributed by atoms with E-state index in [1.165, 1.54) is 17.0 Å². The van der Waals surface area contributed by atoms with E-state index in [9.17, 15) is 22.8 Å². The first kappa shape index (κ1) is 20.4. The Bertz CT molecular complexity index is 701. The molecule has 0 aromatic heterocycles. The third-order valence-corrected chi connectivity index (χ3v) is 5.39. The maximum absolute atomic E-state index is 12.8. The Morgan fingerprint density at radius 1 is 1.04 bits per heavy atom. The van der Waals surface area contributed by atoms with Gasteiger partial charge in [0.1, 0.15) is 6.54 Å². The Kier molecular flexibility index (Phi) is 6.12. The maximum Gasteiger partial charge on any atom is 0.416 e. The number of piperazine rings is 1. The monoisotopic (exact) mass is 399 g/mol. The predicted octanol–water partition coefficient (Wildman–Crippen LogP) is 2.29. The van der Waals surface area contributed by atoms with Crippen LogP contribution in [-0.2, 0) is 15.8 Å². The zero-order valence-electron chi connectivity index (χ0n) is 15.5. The molecule has 0 spiro atoms. The third kappa shape index (κ3) is 4.76. The van der Waals surface area contributed by atoms with Crippen molar-refractivity contribution < 1.29 is 27.9 Å². The first-order chi connectivity index (χ1) is 13.3. The average Bonchev–Trinajstić information content (AvgIpc) is 2.83. The molecule has 1 amide bonds. The third-order valence-electron chi connectivity index (χ3n) is 5.39. The quantitative estimate of drug-likeness (QED) is 0.842.